The van der Waals surface area contributed by atoms with Gasteiger partial charge in [-0.2, -0.15) is 13.2 Å². The number of aldehydes is 1. The van der Waals surface area contributed by atoms with Crippen molar-refractivity contribution < 1.29 is 22.9 Å². The van der Waals surface area contributed by atoms with Crippen LogP contribution in [0.4, 0.5) is 13.2 Å². The van der Waals surface area contributed by atoms with Crippen molar-refractivity contribution in [2.24, 2.45) is 0 Å². The summed E-state index contributed by atoms with van der Waals surface area (Å²) in [5.41, 5.74) is -1.21. The van der Waals surface area contributed by atoms with Gasteiger partial charge in [-0.25, -0.2) is 0 Å². The number of carbonyl (C=O) groups excluding carboxylic acids is 1. The van der Waals surface area contributed by atoms with Gasteiger partial charge in [0, 0.05) is 4.92 Å². The molecule has 0 fully saturated rings. The van der Waals surface area contributed by atoms with Gasteiger partial charge in [0.25, 0.3) is 0 Å². The predicted molar refractivity (Wildman–Crippen MR) is 85.9 cm³/mol. The second-order valence-electron chi connectivity index (χ2n) is 5.95. The summed E-state index contributed by atoms with van der Waals surface area (Å²) in [4.78, 5) is 22.4. The molecule has 2 atom stereocenters. The Hall–Kier alpha value is -2.70. The van der Waals surface area contributed by atoms with Gasteiger partial charge in [-0.1, -0.05) is 42.5 Å². The summed E-state index contributed by atoms with van der Waals surface area (Å²) in [6.45, 7) is 0.983. The van der Waals surface area contributed by atoms with Gasteiger partial charge in [-0.15, -0.1) is 0 Å². The third-order valence-electron chi connectivity index (χ3n) is 4.34. The topological polar surface area (TPSA) is 60.2 Å². The predicted octanol–water partition coefficient (Wildman–Crippen LogP) is 4.22. The number of nitrogens with zero attached hydrogens (tertiary/aromatic N) is 1. The quantitative estimate of drug-likeness (QED) is 0.445. The third-order valence-corrected chi connectivity index (χ3v) is 4.34. The van der Waals surface area contributed by atoms with Crippen molar-refractivity contribution >= 4 is 6.29 Å². The molecule has 0 N–H and O–H groups in total. The highest BCUT2D eigenvalue weighted by Gasteiger charge is 2.40. The van der Waals surface area contributed by atoms with E-state index in [1.54, 1.807) is 37.3 Å². The average molecular weight is 351 g/mol. The summed E-state index contributed by atoms with van der Waals surface area (Å²) in [5, 5.41) is 11.1. The first-order chi connectivity index (χ1) is 11.7. The molecule has 0 saturated heterocycles. The van der Waals surface area contributed by atoms with Crippen LogP contribution >= 0.6 is 0 Å². The minimum Gasteiger partial charge on any atom is -0.302 e. The van der Waals surface area contributed by atoms with Crippen molar-refractivity contribution in [1.29, 1.82) is 0 Å². The SMILES string of the molecule is C[C@](C=O)(c1ccccc1)[C@@H](C[N+](=O)[O-])c1ccc(C(F)(F)F)cc1. The van der Waals surface area contributed by atoms with Crippen LogP contribution in [0, 0.1) is 10.1 Å². The van der Waals surface area contributed by atoms with Crippen molar-refractivity contribution in [2.45, 2.75) is 24.4 Å². The van der Waals surface area contributed by atoms with Crippen LogP contribution in [-0.4, -0.2) is 17.8 Å². The van der Waals surface area contributed by atoms with E-state index in [0.717, 1.165) is 12.1 Å². The second-order valence-corrected chi connectivity index (χ2v) is 5.95. The van der Waals surface area contributed by atoms with Gasteiger partial charge in [0.15, 0.2) is 0 Å². The van der Waals surface area contributed by atoms with Crippen LogP contribution in [0.1, 0.15) is 29.5 Å². The molecule has 0 aliphatic heterocycles. The maximum absolute atomic E-state index is 12.7. The number of hydrogen-bond acceptors (Lipinski definition) is 3. The largest absolute Gasteiger partial charge is 0.416 e. The molecule has 7 heteroatoms. The molecule has 132 valence electrons. The van der Waals surface area contributed by atoms with Crippen molar-refractivity contribution in [2.75, 3.05) is 6.54 Å². The molecule has 0 radical (unpaired) electrons. The molecule has 0 amide bonds. The number of hydrogen-bond donors (Lipinski definition) is 0. The zero-order chi connectivity index (χ0) is 18.7. The highest BCUT2D eigenvalue weighted by molar-refractivity contribution is 5.70. The lowest BCUT2D eigenvalue weighted by atomic mass is 9.70. The van der Waals surface area contributed by atoms with Gasteiger partial charge in [0.2, 0.25) is 6.54 Å². The summed E-state index contributed by atoms with van der Waals surface area (Å²) in [5.74, 6) is -0.898. The number of alkyl halides is 3. The first kappa shape index (κ1) is 18.6. The van der Waals surface area contributed by atoms with E-state index in [-0.39, 0.29) is 0 Å². The number of halogens is 3. The minimum absolute atomic E-state index is 0.308. The Bertz CT molecular complexity index is 744. The molecule has 2 aromatic carbocycles. The fourth-order valence-electron chi connectivity index (χ4n) is 2.84. The molecule has 0 heterocycles. The van der Waals surface area contributed by atoms with Crippen LogP contribution < -0.4 is 0 Å². The fourth-order valence-corrected chi connectivity index (χ4v) is 2.84. The van der Waals surface area contributed by atoms with E-state index in [9.17, 15) is 28.1 Å². The van der Waals surface area contributed by atoms with Crippen molar-refractivity contribution in [1.82, 2.24) is 0 Å². The Morgan fingerprint density at radius 1 is 1.04 bits per heavy atom. The normalized spacial score (nSPS) is 15.2. The molecule has 0 saturated carbocycles. The smallest absolute Gasteiger partial charge is 0.302 e. The molecule has 0 aliphatic rings. The minimum atomic E-state index is -4.50. The molecular weight excluding hydrogens is 335 g/mol. The molecule has 25 heavy (non-hydrogen) atoms. The number of rotatable bonds is 6. The summed E-state index contributed by atoms with van der Waals surface area (Å²) in [6.07, 6.45) is -3.88. The van der Waals surface area contributed by atoms with Crippen molar-refractivity contribution in [3.63, 3.8) is 0 Å². The zero-order valence-corrected chi connectivity index (χ0v) is 13.4. The molecular formula is C18H16F3NO3. The lowest BCUT2D eigenvalue weighted by Gasteiger charge is -2.31. The Kier molecular flexibility index (Phi) is 5.25. The standard InChI is InChI=1S/C18H16F3NO3/c1-17(12-23,14-5-3-2-4-6-14)16(11-22(24)25)13-7-9-15(10-8-13)18(19,20)21/h2-10,12,16H,11H2,1H3/t16-,17-/m0/s1. The molecule has 2 aromatic rings. The van der Waals surface area contributed by atoms with Crippen LogP contribution in [0.25, 0.3) is 0 Å². The number of carbonyl (C=O) groups is 1. The van der Waals surface area contributed by atoms with Gasteiger partial charge in [-0.3, -0.25) is 10.1 Å². The highest BCUT2D eigenvalue weighted by atomic mass is 19.4. The van der Waals surface area contributed by atoms with Crippen LogP contribution in [0.3, 0.4) is 0 Å². The van der Waals surface area contributed by atoms with Crippen LogP contribution in [-0.2, 0) is 16.4 Å². The highest BCUT2D eigenvalue weighted by Crippen LogP contribution is 2.39. The summed E-state index contributed by atoms with van der Waals surface area (Å²) >= 11 is 0. The van der Waals surface area contributed by atoms with E-state index in [0.29, 0.717) is 17.4 Å². The van der Waals surface area contributed by atoms with Gasteiger partial charge >= 0.3 is 6.18 Å². The van der Waals surface area contributed by atoms with Gasteiger partial charge in [-0.05, 0) is 30.2 Å². The maximum atomic E-state index is 12.7. The first-order valence-electron chi connectivity index (χ1n) is 7.49. The molecule has 2 rings (SSSR count). The molecule has 0 aliphatic carbocycles. The second kappa shape index (κ2) is 7.04. The fraction of sp³-hybridized carbons (Fsp3) is 0.278. The number of nitro groups is 1. The maximum Gasteiger partial charge on any atom is 0.416 e. The molecule has 4 nitrogen and oxygen atoms in total. The van der Waals surface area contributed by atoms with E-state index in [4.69, 9.17) is 0 Å². The van der Waals surface area contributed by atoms with Crippen LogP contribution in [0.2, 0.25) is 0 Å². The Balaban J connectivity index is 2.51. The first-order valence-corrected chi connectivity index (χ1v) is 7.49. The summed E-state index contributed by atoms with van der Waals surface area (Å²) < 4.78 is 38.2. The Labute approximate surface area is 142 Å². The molecule has 0 spiro atoms. The van der Waals surface area contributed by atoms with E-state index in [1.807, 2.05) is 0 Å². The lowest BCUT2D eigenvalue weighted by molar-refractivity contribution is -0.484. The molecule has 0 unspecified atom stereocenters. The molecule has 0 aromatic heterocycles. The van der Waals surface area contributed by atoms with E-state index in [1.165, 1.54) is 12.1 Å². The van der Waals surface area contributed by atoms with E-state index < -0.39 is 34.5 Å². The zero-order valence-electron chi connectivity index (χ0n) is 13.4. The number of benzene rings is 2. The van der Waals surface area contributed by atoms with Crippen LogP contribution in [0.15, 0.2) is 54.6 Å². The summed E-state index contributed by atoms with van der Waals surface area (Å²) in [6, 6.07) is 12.6. The molecule has 0 bridgehead atoms. The van der Waals surface area contributed by atoms with E-state index >= 15 is 0 Å². The lowest BCUT2D eigenvalue weighted by Crippen LogP contribution is -2.36. The van der Waals surface area contributed by atoms with E-state index in [2.05, 4.69) is 0 Å². The van der Waals surface area contributed by atoms with Gasteiger partial charge in [0.05, 0.1) is 16.9 Å². The van der Waals surface area contributed by atoms with Crippen molar-refractivity contribution in [3.8, 4) is 0 Å². The summed E-state index contributed by atoms with van der Waals surface area (Å²) in [7, 11) is 0. The third kappa shape index (κ3) is 4.04. The van der Waals surface area contributed by atoms with Gasteiger partial charge < -0.3 is 4.79 Å². The Morgan fingerprint density at radius 3 is 2.04 bits per heavy atom. The Morgan fingerprint density at radius 2 is 1.60 bits per heavy atom. The van der Waals surface area contributed by atoms with Crippen molar-refractivity contribution in [3.05, 3.63) is 81.4 Å². The van der Waals surface area contributed by atoms with Crippen LogP contribution in [0.5, 0.6) is 0 Å². The van der Waals surface area contributed by atoms with Gasteiger partial charge in [0.1, 0.15) is 6.29 Å². The monoisotopic (exact) mass is 351 g/mol. The average Bonchev–Trinajstić information content (AvgIpc) is 2.59.